The number of amides is 3. The van der Waals surface area contributed by atoms with Crippen LogP contribution in [0.4, 0.5) is 0 Å². The van der Waals surface area contributed by atoms with Gasteiger partial charge in [-0.05, 0) is 61.8 Å². The molecule has 1 aromatic heterocycles. The molecule has 0 saturated carbocycles. The summed E-state index contributed by atoms with van der Waals surface area (Å²) in [5.41, 5.74) is 0.541. The van der Waals surface area contributed by atoms with Crippen molar-refractivity contribution < 1.29 is 38.0 Å². The van der Waals surface area contributed by atoms with Gasteiger partial charge < -0.3 is 24.5 Å². The van der Waals surface area contributed by atoms with Crippen LogP contribution in [0.15, 0.2) is 28.7 Å². The van der Waals surface area contributed by atoms with Gasteiger partial charge in [0.05, 0.1) is 32.2 Å². The molecule has 11 nitrogen and oxygen atoms in total. The number of Topliss-reactive ketones (excluding diaryl/α,β-unsaturated/α-hetero) is 1. The van der Waals surface area contributed by atoms with Crippen molar-refractivity contribution in [2.75, 3.05) is 52.5 Å². The van der Waals surface area contributed by atoms with Crippen LogP contribution in [0.25, 0.3) is 11.0 Å². The Morgan fingerprint density at radius 1 is 1.09 bits per heavy atom. The average Bonchev–Trinajstić information content (AvgIpc) is 3.33. The van der Waals surface area contributed by atoms with Crippen molar-refractivity contribution in [3.63, 3.8) is 0 Å². The summed E-state index contributed by atoms with van der Waals surface area (Å²) in [5, 5.41) is 6.42. The Balaban J connectivity index is 1.34. The lowest BCUT2D eigenvalue weighted by Gasteiger charge is -2.26. The van der Waals surface area contributed by atoms with E-state index in [-0.39, 0.29) is 29.9 Å². The molecule has 1 aromatic carbocycles. The molecule has 0 aliphatic carbocycles. The minimum absolute atomic E-state index is 0.0569. The van der Waals surface area contributed by atoms with Gasteiger partial charge in [-0.2, -0.15) is 0 Å². The van der Waals surface area contributed by atoms with E-state index < -0.39 is 23.9 Å². The third kappa shape index (κ3) is 9.87. The number of hydrogen-bond donors (Lipinski definition) is 3. The monoisotopic (exact) mass is 613 g/mol. The second-order valence-corrected chi connectivity index (χ2v) is 12.8. The zero-order valence-corrected chi connectivity index (χ0v) is 26.6. The summed E-state index contributed by atoms with van der Waals surface area (Å²) in [5.74, 6) is 0.301. The first-order valence-electron chi connectivity index (χ1n) is 16.1. The smallest absolute Gasteiger partial charge is 0.312 e. The minimum atomic E-state index is -0.845. The molecule has 3 unspecified atom stereocenters. The van der Waals surface area contributed by atoms with E-state index in [1.807, 2.05) is 26.0 Å². The van der Waals surface area contributed by atoms with Gasteiger partial charge in [-0.25, -0.2) is 4.79 Å². The number of ether oxygens (including phenoxy) is 2. The van der Waals surface area contributed by atoms with Crippen molar-refractivity contribution in [1.82, 2.24) is 15.5 Å². The van der Waals surface area contributed by atoms with Gasteiger partial charge in [0.25, 0.3) is 5.91 Å². The highest BCUT2D eigenvalue weighted by atomic mass is 16.5. The van der Waals surface area contributed by atoms with Gasteiger partial charge in [-0.3, -0.25) is 24.2 Å². The number of morpholine rings is 1. The number of quaternary nitrogens is 1. The van der Waals surface area contributed by atoms with Gasteiger partial charge >= 0.3 is 5.91 Å². The molecule has 44 heavy (non-hydrogen) atoms. The van der Waals surface area contributed by atoms with Gasteiger partial charge in [-0.15, -0.1) is 0 Å². The summed E-state index contributed by atoms with van der Waals surface area (Å²) in [7, 11) is 0. The van der Waals surface area contributed by atoms with Gasteiger partial charge in [0.15, 0.2) is 5.76 Å². The maximum absolute atomic E-state index is 13.4. The molecule has 3 N–H and O–H groups in total. The number of furan rings is 1. The van der Waals surface area contributed by atoms with E-state index in [2.05, 4.69) is 29.4 Å². The molecule has 2 fully saturated rings. The number of carbonyl (C=O) groups is 4. The van der Waals surface area contributed by atoms with Crippen molar-refractivity contribution in [3.8, 4) is 5.75 Å². The van der Waals surface area contributed by atoms with Crippen LogP contribution in [-0.4, -0.2) is 93.0 Å². The fourth-order valence-electron chi connectivity index (χ4n) is 5.63. The highest BCUT2D eigenvalue weighted by Gasteiger charge is 2.34. The van der Waals surface area contributed by atoms with E-state index in [1.54, 1.807) is 12.1 Å². The fraction of sp³-hybridized carbons (Fsp3) is 0.636. The Morgan fingerprint density at radius 3 is 2.59 bits per heavy atom. The summed E-state index contributed by atoms with van der Waals surface area (Å²) in [6.07, 6.45) is 2.76. The minimum Gasteiger partial charge on any atom is -0.492 e. The van der Waals surface area contributed by atoms with E-state index in [4.69, 9.17) is 13.9 Å². The molecule has 0 bridgehead atoms. The number of nitrogens with zero attached hydrogens (tertiary/aromatic N) is 1. The van der Waals surface area contributed by atoms with E-state index in [0.29, 0.717) is 61.0 Å². The average molecular weight is 614 g/mol. The van der Waals surface area contributed by atoms with Crippen molar-refractivity contribution in [1.29, 1.82) is 0 Å². The van der Waals surface area contributed by atoms with E-state index >= 15 is 0 Å². The Morgan fingerprint density at radius 2 is 1.86 bits per heavy atom. The number of benzene rings is 1. The molecule has 0 spiro atoms. The van der Waals surface area contributed by atoms with E-state index in [1.165, 1.54) is 0 Å². The van der Waals surface area contributed by atoms with Crippen molar-refractivity contribution >= 4 is 34.5 Å². The Bertz CT molecular complexity index is 1280. The molecular formula is C33H49N4O7+. The quantitative estimate of drug-likeness (QED) is 0.313. The molecule has 3 amide bonds. The topological polar surface area (TPSA) is 132 Å². The number of fused-ring (bicyclic) bond motifs is 1. The summed E-state index contributed by atoms with van der Waals surface area (Å²) in [6.45, 7) is 13.4. The molecule has 11 heteroatoms. The maximum Gasteiger partial charge on any atom is 0.312 e. The first-order valence-corrected chi connectivity index (χ1v) is 16.1. The third-order valence-electron chi connectivity index (χ3n) is 8.23. The normalized spacial score (nSPS) is 20.5. The molecule has 4 rings (SSSR count). The highest BCUT2D eigenvalue weighted by Crippen LogP contribution is 2.25. The number of nitrogens with one attached hydrogen (secondary N) is 3. The number of rotatable bonds is 13. The van der Waals surface area contributed by atoms with Gasteiger partial charge in [0.2, 0.25) is 11.7 Å². The van der Waals surface area contributed by atoms with Gasteiger partial charge in [0, 0.05) is 25.0 Å². The first kappa shape index (κ1) is 33.6. The lowest BCUT2D eigenvalue weighted by atomic mass is 10.0. The van der Waals surface area contributed by atoms with Crippen LogP contribution in [0.2, 0.25) is 0 Å². The van der Waals surface area contributed by atoms with E-state index in [9.17, 15) is 19.2 Å². The first-order chi connectivity index (χ1) is 21.1. The molecule has 2 aliphatic heterocycles. The number of likely N-dealkylation sites (tertiary alicyclic amines) is 1. The van der Waals surface area contributed by atoms with E-state index in [0.717, 1.165) is 44.7 Å². The number of hydrogen-bond acceptors (Lipinski definition) is 8. The van der Waals surface area contributed by atoms with Crippen LogP contribution in [0.5, 0.6) is 5.75 Å². The van der Waals surface area contributed by atoms with Crippen LogP contribution in [0.3, 0.4) is 0 Å². The second kappa shape index (κ2) is 16.2. The predicted molar refractivity (Wildman–Crippen MR) is 166 cm³/mol. The standard InChI is InChI=1S/C33H48N4O7/c1-22(2)7-10-31(39)37-11-5-6-26(28(38)21-37)34-32(40)27(18-23(3)4)35-33(41)30-20-24-19-25(8-9-29(24)44-30)43-17-14-36-12-15-42-16-13-36/h8-9,19-20,22-23,26-27H,5-7,10-18,21H2,1-4H3,(H,34,40)(H,35,41)/p+1. The SMILES string of the molecule is CC(C)CCC(=O)[NH+]1CCCC(NC(=O)C(CC(C)C)NC(=O)c2cc3cc(OCCN4CCOCC4)ccc3o2)C(=O)C1. The maximum atomic E-state index is 13.4. The zero-order valence-electron chi connectivity index (χ0n) is 26.6. The lowest BCUT2D eigenvalue weighted by Crippen LogP contribution is -3.15. The van der Waals surface area contributed by atoms with Crippen molar-refractivity contribution in [2.24, 2.45) is 11.8 Å². The van der Waals surface area contributed by atoms with Crippen LogP contribution in [0.1, 0.15) is 70.4 Å². The van der Waals surface area contributed by atoms with Crippen LogP contribution >= 0.6 is 0 Å². The fourth-order valence-corrected chi connectivity index (χ4v) is 5.63. The lowest BCUT2D eigenvalue weighted by molar-refractivity contribution is -0.811. The van der Waals surface area contributed by atoms with Gasteiger partial charge in [0.1, 0.15) is 30.5 Å². The Labute approximate surface area is 260 Å². The van der Waals surface area contributed by atoms with Crippen LogP contribution in [0, 0.1) is 11.8 Å². The predicted octanol–water partition coefficient (Wildman–Crippen LogP) is 1.98. The molecule has 2 saturated heterocycles. The molecule has 0 radical (unpaired) electrons. The summed E-state index contributed by atoms with van der Waals surface area (Å²) >= 11 is 0. The molecule has 2 aliphatic rings. The number of ketones is 1. The molecular weight excluding hydrogens is 564 g/mol. The van der Waals surface area contributed by atoms with Crippen LogP contribution in [-0.2, 0) is 19.1 Å². The molecule has 2 aromatic rings. The highest BCUT2D eigenvalue weighted by molar-refractivity contribution is 5.99. The molecule has 242 valence electrons. The summed E-state index contributed by atoms with van der Waals surface area (Å²) in [6, 6.07) is 5.53. The third-order valence-corrected chi connectivity index (χ3v) is 8.23. The molecule has 3 atom stereocenters. The Hall–Kier alpha value is -3.28. The summed E-state index contributed by atoms with van der Waals surface area (Å²) < 4.78 is 17.1. The zero-order chi connectivity index (χ0) is 31.6. The van der Waals surface area contributed by atoms with Crippen LogP contribution < -0.4 is 20.3 Å². The largest absolute Gasteiger partial charge is 0.492 e. The second-order valence-electron chi connectivity index (χ2n) is 12.8. The van der Waals surface area contributed by atoms with Crippen molar-refractivity contribution in [2.45, 2.75) is 71.9 Å². The van der Waals surface area contributed by atoms with Gasteiger partial charge in [-0.1, -0.05) is 27.7 Å². The number of carbonyl (C=O) groups excluding carboxylic acids is 4. The molecule has 3 heterocycles. The Kier molecular flexibility index (Phi) is 12.3. The summed E-state index contributed by atoms with van der Waals surface area (Å²) in [4.78, 5) is 55.3. The van der Waals surface area contributed by atoms with Crippen molar-refractivity contribution in [3.05, 3.63) is 30.0 Å².